The summed E-state index contributed by atoms with van der Waals surface area (Å²) >= 11 is 0. The van der Waals surface area contributed by atoms with Crippen molar-refractivity contribution in [1.29, 1.82) is 0 Å². The zero-order valence-corrected chi connectivity index (χ0v) is 14.2. The van der Waals surface area contributed by atoms with Crippen molar-refractivity contribution in [2.75, 3.05) is 13.1 Å². The molecule has 2 N–H and O–H groups in total. The Balaban J connectivity index is 1.42. The third-order valence-corrected chi connectivity index (χ3v) is 4.23. The van der Waals surface area contributed by atoms with Crippen molar-refractivity contribution in [2.45, 2.75) is 32.4 Å². The van der Waals surface area contributed by atoms with Crippen molar-refractivity contribution in [2.24, 2.45) is 0 Å². The average Bonchev–Trinajstić information content (AvgIpc) is 3.08. The van der Waals surface area contributed by atoms with Gasteiger partial charge in [-0.05, 0) is 44.0 Å². The second kappa shape index (κ2) is 7.83. The fourth-order valence-corrected chi connectivity index (χ4v) is 2.82. The van der Waals surface area contributed by atoms with E-state index in [1.807, 2.05) is 18.2 Å². The largest absolute Gasteiger partial charge is 0.456 e. The van der Waals surface area contributed by atoms with Crippen molar-refractivity contribution in [3.05, 3.63) is 53.7 Å². The number of nitrogens with one attached hydrogen (secondary N) is 2. The highest BCUT2D eigenvalue weighted by molar-refractivity contribution is 5.91. The molecule has 1 fully saturated rings. The summed E-state index contributed by atoms with van der Waals surface area (Å²) in [6.45, 7) is 3.43. The van der Waals surface area contributed by atoms with Crippen molar-refractivity contribution in [3.63, 3.8) is 0 Å². The molecule has 0 atom stereocenters. The molecule has 0 saturated carbocycles. The summed E-state index contributed by atoms with van der Waals surface area (Å²) in [5.41, 5.74) is 0.826. The summed E-state index contributed by atoms with van der Waals surface area (Å²) in [4.78, 5) is 30.3. The second-order valence-electron chi connectivity index (χ2n) is 6.12. The first-order valence-corrected chi connectivity index (χ1v) is 8.42. The van der Waals surface area contributed by atoms with E-state index in [1.165, 1.54) is 0 Å². The summed E-state index contributed by atoms with van der Waals surface area (Å²) in [7, 11) is 0. The Kier molecular flexibility index (Phi) is 5.33. The number of hydrogen-bond acceptors (Lipinski definition) is 4. The lowest BCUT2D eigenvalue weighted by Crippen LogP contribution is -2.49. The summed E-state index contributed by atoms with van der Waals surface area (Å²) in [5, 5.41) is 5.84. The highest BCUT2D eigenvalue weighted by Gasteiger charge is 2.24. The van der Waals surface area contributed by atoms with Crippen LogP contribution in [-0.4, -0.2) is 41.0 Å². The van der Waals surface area contributed by atoms with Gasteiger partial charge < -0.3 is 20.0 Å². The molecule has 7 nitrogen and oxygen atoms in total. The SMILES string of the molecule is Cc1ccc(C(=O)NC2CCN(C(=O)NCc3ccccn3)CC2)o1. The Morgan fingerprint density at radius 2 is 2.04 bits per heavy atom. The number of rotatable bonds is 4. The number of aromatic nitrogens is 1. The van der Waals surface area contributed by atoms with Crippen LogP contribution in [0.15, 0.2) is 40.9 Å². The fourth-order valence-electron chi connectivity index (χ4n) is 2.82. The first kappa shape index (κ1) is 17.0. The normalized spacial score (nSPS) is 15.0. The molecule has 3 rings (SSSR count). The van der Waals surface area contributed by atoms with E-state index in [2.05, 4.69) is 15.6 Å². The van der Waals surface area contributed by atoms with Gasteiger partial charge in [-0.15, -0.1) is 0 Å². The first-order chi connectivity index (χ1) is 12.1. The number of piperidine rings is 1. The van der Waals surface area contributed by atoms with Crippen LogP contribution in [0.5, 0.6) is 0 Å². The molecule has 0 aliphatic carbocycles. The van der Waals surface area contributed by atoms with E-state index in [0.717, 1.165) is 18.5 Å². The van der Waals surface area contributed by atoms with Crippen molar-refractivity contribution < 1.29 is 14.0 Å². The van der Waals surface area contributed by atoms with E-state index in [4.69, 9.17) is 4.42 Å². The van der Waals surface area contributed by atoms with Crippen LogP contribution in [-0.2, 0) is 6.54 Å². The van der Waals surface area contributed by atoms with Crippen LogP contribution in [0.2, 0.25) is 0 Å². The highest BCUT2D eigenvalue weighted by atomic mass is 16.3. The van der Waals surface area contributed by atoms with E-state index in [9.17, 15) is 9.59 Å². The van der Waals surface area contributed by atoms with Gasteiger partial charge in [0.25, 0.3) is 5.91 Å². The molecule has 0 radical (unpaired) electrons. The molecule has 0 spiro atoms. The van der Waals surface area contributed by atoms with Crippen LogP contribution in [0.3, 0.4) is 0 Å². The van der Waals surface area contributed by atoms with E-state index < -0.39 is 0 Å². The van der Waals surface area contributed by atoms with Crippen LogP contribution < -0.4 is 10.6 Å². The molecule has 1 aliphatic rings. The summed E-state index contributed by atoms with van der Waals surface area (Å²) in [6.07, 6.45) is 3.15. The second-order valence-corrected chi connectivity index (χ2v) is 6.12. The number of pyridine rings is 1. The standard InChI is InChI=1S/C18H22N4O3/c1-13-5-6-16(25-13)17(23)21-14-7-10-22(11-8-14)18(24)20-12-15-4-2-3-9-19-15/h2-6,9,14H,7-8,10-12H2,1H3,(H,20,24)(H,21,23). The molecule has 0 bridgehead atoms. The Labute approximate surface area is 146 Å². The Hall–Kier alpha value is -2.83. The molecule has 3 amide bonds. The van der Waals surface area contributed by atoms with Crippen molar-refractivity contribution in [3.8, 4) is 0 Å². The number of likely N-dealkylation sites (tertiary alicyclic amines) is 1. The van der Waals surface area contributed by atoms with E-state index >= 15 is 0 Å². The molecule has 1 saturated heterocycles. The van der Waals surface area contributed by atoms with Gasteiger partial charge in [0, 0.05) is 25.3 Å². The number of aryl methyl sites for hydroxylation is 1. The van der Waals surface area contributed by atoms with Gasteiger partial charge in [0.05, 0.1) is 12.2 Å². The Bertz CT molecular complexity index is 721. The van der Waals surface area contributed by atoms with Gasteiger partial charge in [0.1, 0.15) is 5.76 Å². The third-order valence-electron chi connectivity index (χ3n) is 4.23. The molecule has 0 aromatic carbocycles. The fraction of sp³-hybridized carbons (Fsp3) is 0.389. The highest BCUT2D eigenvalue weighted by Crippen LogP contribution is 2.13. The molecule has 2 aromatic heterocycles. The number of furan rings is 1. The summed E-state index contributed by atoms with van der Waals surface area (Å²) < 4.78 is 5.33. The van der Waals surface area contributed by atoms with Crippen LogP contribution in [0.1, 0.15) is 34.9 Å². The van der Waals surface area contributed by atoms with Gasteiger partial charge in [-0.1, -0.05) is 6.07 Å². The molecule has 25 heavy (non-hydrogen) atoms. The molecule has 0 unspecified atom stereocenters. The van der Waals surface area contributed by atoms with Crippen LogP contribution in [0.25, 0.3) is 0 Å². The maximum Gasteiger partial charge on any atom is 0.317 e. The van der Waals surface area contributed by atoms with Gasteiger partial charge in [-0.2, -0.15) is 0 Å². The van der Waals surface area contributed by atoms with Crippen molar-refractivity contribution in [1.82, 2.24) is 20.5 Å². The zero-order chi connectivity index (χ0) is 17.6. The molecule has 7 heteroatoms. The first-order valence-electron chi connectivity index (χ1n) is 8.42. The maximum atomic E-state index is 12.2. The van der Waals surface area contributed by atoms with Gasteiger partial charge in [-0.25, -0.2) is 4.79 Å². The smallest absolute Gasteiger partial charge is 0.317 e. The number of hydrogen-bond donors (Lipinski definition) is 2. The van der Waals surface area contributed by atoms with Gasteiger partial charge in [0.2, 0.25) is 0 Å². The maximum absolute atomic E-state index is 12.2. The van der Waals surface area contributed by atoms with Gasteiger partial charge in [0.15, 0.2) is 5.76 Å². The minimum absolute atomic E-state index is 0.0535. The van der Waals surface area contributed by atoms with Crippen LogP contribution in [0, 0.1) is 6.92 Å². The minimum atomic E-state index is -0.203. The molecule has 2 aromatic rings. The molecule has 132 valence electrons. The average molecular weight is 342 g/mol. The zero-order valence-electron chi connectivity index (χ0n) is 14.2. The minimum Gasteiger partial charge on any atom is -0.456 e. The van der Waals surface area contributed by atoms with Gasteiger partial charge >= 0.3 is 6.03 Å². The van der Waals surface area contributed by atoms with Crippen molar-refractivity contribution >= 4 is 11.9 Å². The topological polar surface area (TPSA) is 87.5 Å². The molecule has 1 aliphatic heterocycles. The summed E-state index contributed by atoms with van der Waals surface area (Å²) in [6, 6.07) is 9.00. The molecular weight excluding hydrogens is 320 g/mol. The number of nitrogens with zero attached hydrogens (tertiary/aromatic N) is 2. The predicted octanol–water partition coefficient (Wildman–Crippen LogP) is 2.09. The molecule has 3 heterocycles. The van der Waals surface area contributed by atoms with E-state index in [-0.39, 0.29) is 18.0 Å². The Morgan fingerprint density at radius 3 is 2.68 bits per heavy atom. The predicted molar refractivity (Wildman–Crippen MR) is 92.0 cm³/mol. The van der Waals surface area contributed by atoms with Crippen LogP contribution in [0.4, 0.5) is 4.79 Å². The number of amides is 3. The van der Waals surface area contributed by atoms with Crippen LogP contribution >= 0.6 is 0 Å². The van der Waals surface area contributed by atoms with Gasteiger partial charge in [-0.3, -0.25) is 9.78 Å². The Morgan fingerprint density at radius 1 is 1.24 bits per heavy atom. The van der Waals surface area contributed by atoms with E-state index in [1.54, 1.807) is 30.2 Å². The lowest BCUT2D eigenvalue weighted by atomic mass is 10.1. The number of carbonyl (C=O) groups excluding carboxylic acids is 2. The quantitative estimate of drug-likeness (QED) is 0.890. The number of carbonyl (C=O) groups is 2. The summed E-state index contributed by atoms with van der Waals surface area (Å²) in [5.74, 6) is 0.837. The monoisotopic (exact) mass is 342 g/mol. The third kappa shape index (κ3) is 4.59. The lowest BCUT2D eigenvalue weighted by molar-refractivity contribution is 0.0888. The number of urea groups is 1. The van der Waals surface area contributed by atoms with E-state index in [0.29, 0.717) is 31.2 Å². The lowest BCUT2D eigenvalue weighted by Gasteiger charge is -2.32. The molecular formula is C18H22N4O3.